The third kappa shape index (κ3) is 3.88. The van der Waals surface area contributed by atoms with Gasteiger partial charge in [-0.1, -0.05) is 54.1 Å². The number of carbonyl (C=O) groups is 1. The fourth-order valence-corrected chi connectivity index (χ4v) is 3.43. The Kier molecular flexibility index (Phi) is 5.10. The smallest absolute Gasteiger partial charge is 0.267 e. The van der Waals surface area contributed by atoms with Crippen molar-refractivity contribution in [2.45, 2.75) is 12.5 Å². The molecule has 1 aliphatic rings. The van der Waals surface area contributed by atoms with Gasteiger partial charge in [0.05, 0.1) is 16.7 Å². The van der Waals surface area contributed by atoms with Crippen LogP contribution >= 0.6 is 11.6 Å². The molecule has 1 aliphatic heterocycles. The Morgan fingerprint density at radius 1 is 1.00 bits per heavy atom. The average Bonchev–Trinajstić information content (AvgIpc) is 3.20. The zero-order valence-corrected chi connectivity index (χ0v) is 16.0. The van der Waals surface area contributed by atoms with Gasteiger partial charge in [-0.25, -0.2) is 5.01 Å². The summed E-state index contributed by atoms with van der Waals surface area (Å²) in [6.07, 6.45) is 0.560. The molecule has 0 aromatic heterocycles. The molecule has 0 radical (unpaired) electrons. The number of halogens is 1. The standard InChI is InChI=1S/C22H16ClN3O3/c23-18-10-6-16(7-11-18)21-14-20(15-4-2-1-3-5-15)24-25(21)22(27)17-8-12-19(13-9-17)26(28)29/h1-13,21H,14H2. The van der Waals surface area contributed by atoms with E-state index in [1.165, 1.54) is 29.3 Å². The van der Waals surface area contributed by atoms with E-state index < -0.39 is 4.92 Å². The molecule has 144 valence electrons. The topological polar surface area (TPSA) is 75.8 Å². The summed E-state index contributed by atoms with van der Waals surface area (Å²) in [4.78, 5) is 23.6. The van der Waals surface area contributed by atoms with E-state index in [0.717, 1.165) is 16.8 Å². The minimum Gasteiger partial charge on any atom is -0.267 e. The molecule has 0 aliphatic carbocycles. The Morgan fingerprint density at radius 3 is 2.28 bits per heavy atom. The summed E-state index contributed by atoms with van der Waals surface area (Å²) in [7, 11) is 0. The van der Waals surface area contributed by atoms with Crippen LogP contribution in [0, 0.1) is 10.1 Å². The number of hydrazone groups is 1. The van der Waals surface area contributed by atoms with Crippen LogP contribution in [0.15, 0.2) is 84.0 Å². The summed E-state index contributed by atoms with van der Waals surface area (Å²) in [5, 5.41) is 17.6. The zero-order valence-electron chi connectivity index (χ0n) is 15.2. The number of nitro groups is 1. The molecule has 3 aromatic carbocycles. The summed E-state index contributed by atoms with van der Waals surface area (Å²) in [6, 6.07) is 22.3. The van der Waals surface area contributed by atoms with Crippen LogP contribution < -0.4 is 0 Å². The molecule has 1 unspecified atom stereocenters. The molecule has 4 rings (SSSR count). The molecular weight excluding hydrogens is 390 g/mol. The highest BCUT2D eigenvalue weighted by atomic mass is 35.5. The highest BCUT2D eigenvalue weighted by Crippen LogP contribution is 2.34. The average molecular weight is 406 g/mol. The maximum absolute atomic E-state index is 13.2. The van der Waals surface area contributed by atoms with Crippen molar-refractivity contribution >= 4 is 28.9 Å². The van der Waals surface area contributed by atoms with E-state index in [2.05, 4.69) is 5.10 Å². The van der Waals surface area contributed by atoms with Crippen LogP contribution in [0.25, 0.3) is 0 Å². The van der Waals surface area contributed by atoms with Crippen molar-refractivity contribution in [3.63, 3.8) is 0 Å². The minimum atomic E-state index is -0.494. The molecule has 6 nitrogen and oxygen atoms in total. The Bertz CT molecular complexity index is 1080. The maximum atomic E-state index is 13.2. The molecule has 0 saturated heterocycles. The van der Waals surface area contributed by atoms with Crippen molar-refractivity contribution in [3.8, 4) is 0 Å². The number of rotatable bonds is 4. The first-order valence-corrected chi connectivity index (χ1v) is 9.37. The van der Waals surface area contributed by atoms with Crippen molar-refractivity contribution in [3.05, 3.63) is 111 Å². The predicted octanol–water partition coefficient (Wildman–Crippen LogP) is 5.24. The van der Waals surface area contributed by atoms with Gasteiger partial charge in [-0.2, -0.15) is 5.10 Å². The van der Waals surface area contributed by atoms with Gasteiger partial charge in [-0.15, -0.1) is 0 Å². The van der Waals surface area contributed by atoms with E-state index >= 15 is 0 Å². The van der Waals surface area contributed by atoms with Gasteiger partial charge in [0, 0.05) is 29.1 Å². The highest BCUT2D eigenvalue weighted by molar-refractivity contribution is 6.30. The second-order valence-corrected chi connectivity index (χ2v) is 7.07. The van der Waals surface area contributed by atoms with Crippen molar-refractivity contribution in [1.82, 2.24) is 5.01 Å². The summed E-state index contributed by atoms with van der Waals surface area (Å²) in [5.41, 5.74) is 2.95. The lowest BCUT2D eigenvalue weighted by molar-refractivity contribution is -0.384. The Labute approximate surface area is 172 Å². The van der Waals surface area contributed by atoms with Crippen LogP contribution in [0.4, 0.5) is 5.69 Å². The van der Waals surface area contributed by atoms with E-state index in [0.29, 0.717) is 17.0 Å². The Balaban J connectivity index is 1.70. The lowest BCUT2D eigenvalue weighted by Crippen LogP contribution is -2.27. The van der Waals surface area contributed by atoms with Gasteiger partial charge in [0.25, 0.3) is 11.6 Å². The van der Waals surface area contributed by atoms with Gasteiger partial charge in [0.15, 0.2) is 0 Å². The van der Waals surface area contributed by atoms with Crippen LogP contribution in [-0.4, -0.2) is 21.6 Å². The van der Waals surface area contributed by atoms with Crippen molar-refractivity contribution in [2.24, 2.45) is 5.10 Å². The summed E-state index contributed by atoms with van der Waals surface area (Å²) >= 11 is 6.01. The van der Waals surface area contributed by atoms with Gasteiger partial charge in [-0.3, -0.25) is 14.9 Å². The number of hydrogen-bond acceptors (Lipinski definition) is 4. The van der Waals surface area contributed by atoms with Crippen molar-refractivity contribution in [1.29, 1.82) is 0 Å². The summed E-state index contributed by atoms with van der Waals surface area (Å²) in [6.45, 7) is 0. The number of benzene rings is 3. The molecule has 0 saturated carbocycles. The van der Waals surface area contributed by atoms with E-state index in [4.69, 9.17) is 11.6 Å². The third-order valence-corrected chi connectivity index (χ3v) is 5.06. The lowest BCUT2D eigenvalue weighted by Gasteiger charge is -2.22. The van der Waals surface area contributed by atoms with Gasteiger partial charge in [-0.05, 0) is 35.4 Å². The predicted molar refractivity (Wildman–Crippen MR) is 111 cm³/mol. The second kappa shape index (κ2) is 7.85. The van der Waals surface area contributed by atoms with Crippen LogP contribution in [0.2, 0.25) is 5.02 Å². The third-order valence-electron chi connectivity index (χ3n) is 4.81. The quantitative estimate of drug-likeness (QED) is 0.440. The molecule has 1 amide bonds. The molecule has 7 heteroatoms. The maximum Gasteiger partial charge on any atom is 0.274 e. The van der Waals surface area contributed by atoms with Crippen LogP contribution in [0.5, 0.6) is 0 Å². The fraction of sp³-hybridized carbons (Fsp3) is 0.0909. The normalized spacial score (nSPS) is 15.8. The largest absolute Gasteiger partial charge is 0.274 e. The number of carbonyl (C=O) groups excluding carboxylic acids is 1. The van der Waals surface area contributed by atoms with Crippen LogP contribution in [0.1, 0.15) is 33.9 Å². The molecule has 0 spiro atoms. The molecule has 29 heavy (non-hydrogen) atoms. The highest BCUT2D eigenvalue weighted by Gasteiger charge is 2.33. The SMILES string of the molecule is O=C(c1ccc([N+](=O)[O-])cc1)N1N=C(c2ccccc2)CC1c1ccc(Cl)cc1. The molecule has 3 aromatic rings. The molecule has 0 fully saturated rings. The number of nitro benzene ring substituents is 1. The number of non-ortho nitro benzene ring substituents is 1. The van der Waals surface area contributed by atoms with E-state index in [1.807, 2.05) is 42.5 Å². The van der Waals surface area contributed by atoms with Crippen LogP contribution in [-0.2, 0) is 0 Å². The second-order valence-electron chi connectivity index (χ2n) is 6.64. The Hall–Kier alpha value is -3.51. The molecule has 1 atom stereocenters. The van der Waals surface area contributed by atoms with E-state index in [-0.39, 0.29) is 17.6 Å². The number of hydrogen-bond donors (Lipinski definition) is 0. The molecule has 1 heterocycles. The number of amides is 1. The molecule has 0 bridgehead atoms. The van der Waals surface area contributed by atoms with Crippen molar-refractivity contribution in [2.75, 3.05) is 0 Å². The van der Waals surface area contributed by atoms with Gasteiger partial charge >= 0.3 is 0 Å². The minimum absolute atomic E-state index is 0.0642. The Morgan fingerprint density at radius 2 is 1.66 bits per heavy atom. The van der Waals surface area contributed by atoms with Crippen LogP contribution in [0.3, 0.4) is 0 Å². The van der Waals surface area contributed by atoms with Gasteiger partial charge < -0.3 is 0 Å². The van der Waals surface area contributed by atoms with Gasteiger partial charge in [0.1, 0.15) is 0 Å². The zero-order chi connectivity index (χ0) is 20.4. The monoisotopic (exact) mass is 405 g/mol. The molecule has 0 N–H and O–H groups in total. The lowest BCUT2D eigenvalue weighted by atomic mass is 9.98. The first-order chi connectivity index (χ1) is 14.0. The van der Waals surface area contributed by atoms with E-state index in [1.54, 1.807) is 12.1 Å². The fourth-order valence-electron chi connectivity index (χ4n) is 3.31. The summed E-state index contributed by atoms with van der Waals surface area (Å²) < 4.78 is 0. The summed E-state index contributed by atoms with van der Waals surface area (Å²) in [5.74, 6) is -0.314. The van der Waals surface area contributed by atoms with Crippen molar-refractivity contribution < 1.29 is 9.72 Å². The first kappa shape index (κ1) is 18.8. The first-order valence-electron chi connectivity index (χ1n) is 8.99. The van der Waals surface area contributed by atoms with E-state index in [9.17, 15) is 14.9 Å². The van der Waals surface area contributed by atoms with Gasteiger partial charge in [0.2, 0.25) is 0 Å². The molecular formula is C22H16ClN3O3. The number of nitrogens with zero attached hydrogens (tertiary/aromatic N) is 3.